The Labute approximate surface area is 138 Å². The number of carbonyl (C=O) groups is 1. The molecule has 3 N–H and O–H groups in total. The van der Waals surface area contributed by atoms with Crippen molar-refractivity contribution in [3.63, 3.8) is 0 Å². The Morgan fingerprint density at radius 1 is 1.43 bits per heavy atom. The summed E-state index contributed by atoms with van der Waals surface area (Å²) in [6.45, 7) is 4.65. The molecule has 0 heterocycles. The third kappa shape index (κ3) is 5.66. The van der Waals surface area contributed by atoms with Gasteiger partial charge in [-0.1, -0.05) is 17.7 Å². The van der Waals surface area contributed by atoms with Crippen molar-refractivity contribution in [1.82, 2.24) is 5.32 Å². The van der Waals surface area contributed by atoms with Gasteiger partial charge in [0.05, 0.1) is 15.5 Å². The topological polar surface area (TPSA) is 122 Å². The molecular formula is C14H19ClN2O6. The van der Waals surface area contributed by atoms with Crippen LogP contribution in [0.4, 0.5) is 10.5 Å². The van der Waals surface area contributed by atoms with E-state index in [0.717, 1.165) is 0 Å². The van der Waals surface area contributed by atoms with Crippen LogP contribution in [-0.4, -0.2) is 39.5 Å². The zero-order chi connectivity index (χ0) is 17.8. The highest BCUT2D eigenvalue weighted by molar-refractivity contribution is 6.31. The number of ether oxygens (including phenoxy) is 1. The Morgan fingerprint density at radius 2 is 2.04 bits per heavy atom. The third-order valence-electron chi connectivity index (χ3n) is 2.74. The van der Waals surface area contributed by atoms with E-state index in [4.69, 9.17) is 16.3 Å². The number of nitro benzene ring substituents is 1. The molecular weight excluding hydrogens is 328 g/mol. The molecule has 23 heavy (non-hydrogen) atoms. The maximum atomic E-state index is 11.5. The van der Waals surface area contributed by atoms with Crippen LogP contribution >= 0.6 is 11.6 Å². The van der Waals surface area contributed by atoms with Crippen molar-refractivity contribution in [2.45, 2.75) is 38.6 Å². The van der Waals surface area contributed by atoms with E-state index in [9.17, 15) is 25.1 Å². The zero-order valence-corrected chi connectivity index (χ0v) is 13.7. The van der Waals surface area contributed by atoms with E-state index < -0.39 is 34.5 Å². The number of halogens is 1. The third-order valence-corrected chi connectivity index (χ3v) is 3.07. The number of benzene rings is 1. The number of alkyl carbamates (subject to hydrolysis) is 1. The lowest BCUT2D eigenvalue weighted by Gasteiger charge is -2.22. The van der Waals surface area contributed by atoms with Gasteiger partial charge in [0, 0.05) is 12.6 Å². The minimum atomic E-state index is -1.64. The van der Waals surface area contributed by atoms with E-state index >= 15 is 0 Å². The Morgan fingerprint density at radius 3 is 2.57 bits per heavy atom. The first-order chi connectivity index (χ1) is 10.5. The number of rotatable bonds is 5. The van der Waals surface area contributed by atoms with Gasteiger partial charge in [-0.3, -0.25) is 10.1 Å². The fourth-order valence-corrected chi connectivity index (χ4v) is 2.07. The van der Waals surface area contributed by atoms with Crippen molar-refractivity contribution in [2.75, 3.05) is 6.54 Å². The number of nitrogens with zero attached hydrogens (tertiary/aromatic N) is 1. The van der Waals surface area contributed by atoms with Crippen LogP contribution in [0.25, 0.3) is 0 Å². The molecule has 9 heteroatoms. The second kappa shape index (κ2) is 7.58. The number of carbonyl (C=O) groups excluding carboxylic acids is 1. The monoisotopic (exact) mass is 346 g/mol. The van der Waals surface area contributed by atoms with Gasteiger partial charge in [0.15, 0.2) is 0 Å². The summed E-state index contributed by atoms with van der Waals surface area (Å²) in [4.78, 5) is 21.8. The standard InChI is InChI=1S/C14H19ClN2O6/c1-14(2,3)23-13(20)16-7-10(18)12(19)11-8(15)5-4-6-9(11)17(21)22/h4-6,10,12,18-19H,7H2,1-3H3,(H,16,20). The predicted octanol–water partition coefficient (Wildman–Crippen LogP) is 2.17. The average molecular weight is 347 g/mol. The van der Waals surface area contributed by atoms with Crippen molar-refractivity contribution in [3.05, 3.63) is 38.9 Å². The molecule has 1 rings (SSSR count). The van der Waals surface area contributed by atoms with Crippen LogP contribution in [0, 0.1) is 10.1 Å². The molecule has 0 spiro atoms. The average Bonchev–Trinajstić information content (AvgIpc) is 2.41. The minimum absolute atomic E-state index is 0.0528. The summed E-state index contributed by atoms with van der Waals surface area (Å²) in [5.41, 5.74) is -1.34. The van der Waals surface area contributed by atoms with Gasteiger partial charge in [-0.05, 0) is 26.8 Å². The second-order valence-electron chi connectivity index (χ2n) is 5.82. The zero-order valence-electron chi connectivity index (χ0n) is 12.9. The van der Waals surface area contributed by atoms with Crippen molar-refractivity contribution in [2.24, 2.45) is 0 Å². The highest BCUT2D eigenvalue weighted by atomic mass is 35.5. The van der Waals surface area contributed by atoms with Gasteiger partial charge in [-0.2, -0.15) is 0 Å². The molecule has 1 amide bonds. The van der Waals surface area contributed by atoms with Gasteiger partial charge >= 0.3 is 6.09 Å². The number of hydrogen-bond acceptors (Lipinski definition) is 6. The molecule has 0 fully saturated rings. The summed E-state index contributed by atoms with van der Waals surface area (Å²) in [6, 6.07) is 3.89. The lowest BCUT2D eigenvalue weighted by molar-refractivity contribution is -0.386. The van der Waals surface area contributed by atoms with Gasteiger partial charge in [0.2, 0.25) is 0 Å². The Balaban J connectivity index is 2.80. The normalized spacial score (nSPS) is 14.0. The molecule has 2 atom stereocenters. The summed E-state index contributed by atoms with van der Waals surface area (Å²) in [6.07, 6.45) is -3.92. The van der Waals surface area contributed by atoms with Crippen molar-refractivity contribution < 1.29 is 24.7 Å². The molecule has 1 aromatic rings. The highest BCUT2D eigenvalue weighted by Crippen LogP contribution is 2.33. The lowest BCUT2D eigenvalue weighted by Crippen LogP contribution is -2.39. The summed E-state index contributed by atoms with van der Waals surface area (Å²) in [7, 11) is 0. The van der Waals surface area contributed by atoms with Gasteiger partial charge in [0.1, 0.15) is 17.8 Å². The number of aliphatic hydroxyl groups excluding tert-OH is 2. The Hall–Kier alpha value is -1.90. The Kier molecular flexibility index (Phi) is 6.31. The fraction of sp³-hybridized carbons (Fsp3) is 0.500. The fourth-order valence-electron chi connectivity index (χ4n) is 1.78. The molecule has 8 nitrogen and oxygen atoms in total. The summed E-state index contributed by atoms with van der Waals surface area (Å²) in [5, 5.41) is 33.3. The number of amides is 1. The summed E-state index contributed by atoms with van der Waals surface area (Å²) < 4.78 is 4.98. The van der Waals surface area contributed by atoms with Crippen molar-refractivity contribution in [1.29, 1.82) is 0 Å². The molecule has 0 saturated carbocycles. The van der Waals surface area contributed by atoms with E-state index in [1.54, 1.807) is 20.8 Å². The molecule has 0 saturated heterocycles. The molecule has 0 aromatic heterocycles. The van der Waals surface area contributed by atoms with Crippen molar-refractivity contribution in [3.8, 4) is 0 Å². The first-order valence-electron chi connectivity index (χ1n) is 6.78. The largest absolute Gasteiger partial charge is 0.444 e. The quantitative estimate of drug-likeness (QED) is 0.554. The maximum Gasteiger partial charge on any atom is 0.407 e. The number of nitrogens with one attached hydrogen (secondary N) is 1. The molecule has 0 aliphatic heterocycles. The Bertz CT molecular complexity index is 587. The van der Waals surface area contributed by atoms with Crippen LogP contribution in [0.15, 0.2) is 18.2 Å². The van der Waals surface area contributed by atoms with E-state index in [0.29, 0.717) is 0 Å². The SMILES string of the molecule is CC(C)(C)OC(=O)NCC(O)C(O)c1c(Cl)cccc1[N+](=O)[O-]. The van der Waals surface area contributed by atoms with Crippen LogP contribution in [0.2, 0.25) is 5.02 Å². The van der Waals surface area contributed by atoms with E-state index in [2.05, 4.69) is 5.32 Å². The molecule has 0 aliphatic carbocycles. The molecule has 0 aliphatic rings. The predicted molar refractivity (Wildman–Crippen MR) is 83.3 cm³/mol. The summed E-state index contributed by atoms with van der Waals surface area (Å²) >= 11 is 5.87. The van der Waals surface area contributed by atoms with E-state index in [1.807, 2.05) is 0 Å². The number of hydrogen-bond donors (Lipinski definition) is 3. The van der Waals surface area contributed by atoms with Gasteiger partial charge in [-0.15, -0.1) is 0 Å². The molecule has 2 unspecified atom stereocenters. The van der Waals surface area contributed by atoms with Gasteiger partial charge in [0.25, 0.3) is 5.69 Å². The second-order valence-corrected chi connectivity index (χ2v) is 6.23. The molecule has 0 bridgehead atoms. The van der Waals surface area contributed by atoms with E-state index in [-0.39, 0.29) is 17.1 Å². The van der Waals surface area contributed by atoms with Crippen LogP contribution < -0.4 is 5.32 Å². The maximum absolute atomic E-state index is 11.5. The molecule has 1 aromatic carbocycles. The van der Waals surface area contributed by atoms with Gasteiger partial charge in [-0.25, -0.2) is 4.79 Å². The number of aliphatic hydroxyl groups is 2. The van der Waals surface area contributed by atoms with Crippen LogP contribution in [-0.2, 0) is 4.74 Å². The smallest absolute Gasteiger partial charge is 0.407 e. The molecule has 128 valence electrons. The number of nitro groups is 1. The summed E-state index contributed by atoms with van der Waals surface area (Å²) in [5.74, 6) is 0. The van der Waals surface area contributed by atoms with Crippen LogP contribution in [0.3, 0.4) is 0 Å². The van der Waals surface area contributed by atoms with Crippen LogP contribution in [0.5, 0.6) is 0 Å². The lowest BCUT2D eigenvalue weighted by atomic mass is 10.0. The van der Waals surface area contributed by atoms with Gasteiger partial charge < -0.3 is 20.3 Å². The minimum Gasteiger partial charge on any atom is -0.444 e. The van der Waals surface area contributed by atoms with E-state index in [1.165, 1.54) is 18.2 Å². The first-order valence-corrected chi connectivity index (χ1v) is 7.16. The first kappa shape index (κ1) is 19.1. The van der Waals surface area contributed by atoms with Crippen molar-refractivity contribution >= 4 is 23.4 Å². The molecule has 0 radical (unpaired) electrons. The highest BCUT2D eigenvalue weighted by Gasteiger charge is 2.29. The van der Waals surface area contributed by atoms with Crippen LogP contribution in [0.1, 0.15) is 32.4 Å².